The minimum Gasteiger partial charge on any atom is -0.496 e. The standard InChI is InChI=1S/C17H29NO/c1-4-5-6-7-8-9-10-13-18-16-11-12-17(19-3)15(2)14-16/h11-12,14,18H,4-10,13H2,1-3H3. The number of ether oxygens (including phenoxy) is 1. The zero-order chi connectivity index (χ0) is 13.9. The van der Waals surface area contributed by atoms with Gasteiger partial charge in [0.2, 0.25) is 0 Å². The fourth-order valence-corrected chi connectivity index (χ4v) is 2.30. The summed E-state index contributed by atoms with van der Waals surface area (Å²) in [7, 11) is 1.72. The molecular weight excluding hydrogens is 234 g/mol. The third-order valence-electron chi connectivity index (χ3n) is 3.50. The van der Waals surface area contributed by atoms with Crippen molar-refractivity contribution < 1.29 is 4.74 Å². The van der Waals surface area contributed by atoms with Gasteiger partial charge >= 0.3 is 0 Å². The van der Waals surface area contributed by atoms with Crippen LogP contribution in [-0.4, -0.2) is 13.7 Å². The number of hydrogen-bond acceptors (Lipinski definition) is 2. The van der Waals surface area contributed by atoms with Crippen LogP contribution < -0.4 is 10.1 Å². The predicted octanol–water partition coefficient (Wildman–Crippen LogP) is 5.17. The summed E-state index contributed by atoms with van der Waals surface area (Å²) in [5.41, 5.74) is 2.39. The van der Waals surface area contributed by atoms with E-state index in [1.165, 1.54) is 56.2 Å². The first kappa shape index (κ1) is 15.9. The van der Waals surface area contributed by atoms with Crippen LogP contribution in [0.2, 0.25) is 0 Å². The number of nitrogens with one attached hydrogen (secondary N) is 1. The Balaban J connectivity index is 2.11. The van der Waals surface area contributed by atoms with Crippen molar-refractivity contribution in [1.82, 2.24) is 0 Å². The lowest BCUT2D eigenvalue weighted by Gasteiger charge is -2.09. The molecule has 0 aliphatic carbocycles. The van der Waals surface area contributed by atoms with E-state index in [1.807, 2.05) is 6.07 Å². The van der Waals surface area contributed by atoms with Gasteiger partial charge < -0.3 is 10.1 Å². The van der Waals surface area contributed by atoms with Crippen LogP contribution in [0.3, 0.4) is 0 Å². The molecule has 0 aromatic heterocycles. The molecule has 0 amide bonds. The minimum atomic E-state index is 0.960. The largest absolute Gasteiger partial charge is 0.496 e. The van der Waals surface area contributed by atoms with Crippen molar-refractivity contribution in [3.63, 3.8) is 0 Å². The van der Waals surface area contributed by atoms with Crippen LogP contribution in [0.15, 0.2) is 18.2 Å². The van der Waals surface area contributed by atoms with Gasteiger partial charge in [-0.3, -0.25) is 0 Å². The number of rotatable bonds is 10. The van der Waals surface area contributed by atoms with E-state index in [-0.39, 0.29) is 0 Å². The maximum atomic E-state index is 5.26. The molecule has 0 bridgehead atoms. The predicted molar refractivity (Wildman–Crippen MR) is 84.2 cm³/mol. The lowest BCUT2D eigenvalue weighted by atomic mass is 10.1. The molecule has 2 heteroatoms. The highest BCUT2D eigenvalue weighted by Gasteiger charge is 1.99. The molecule has 1 rings (SSSR count). The van der Waals surface area contributed by atoms with Gasteiger partial charge in [-0.1, -0.05) is 45.4 Å². The van der Waals surface area contributed by atoms with Crippen molar-refractivity contribution in [1.29, 1.82) is 0 Å². The van der Waals surface area contributed by atoms with Crippen molar-refractivity contribution in [3.8, 4) is 5.75 Å². The van der Waals surface area contributed by atoms with Crippen molar-refractivity contribution in [2.45, 2.75) is 58.8 Å². The summed E-state index contributed by atoms with van der Waals surface area (Å²) in [4.78, 5) is 0. The first-order valence-corrected chi connectivity index (χ1v) is 7.66. The third kappa shape index (κ3) is 6.51. The molecule has 108 valence electrons. The van der Waals surface area contributed by atoms with Crippen molar-refractivity contribution in [2.24, 2.45) is 0 Å². The van der Waals surface area contributed by atoms with Gasteiger partial charge in [-0.25, -0.2) is 0 Å². The fraction of sp³-hybridized carbons (Fsp3) is 0.647. The SMILES string of the molecule is CCCCCCCCCNc1ccc(OC)c(C)c1. The van der Waals surface area contributed by atoms with Gasteiger partial charge in [0.1, 0.15) is 5.75 Å². The van der Waals surface area contributed by atoms with Crippen molar-refractivity contribution in [2.75, 3.05) is 19.0 Å². The van der Waals surface area contributed by atoms with Gasteiger partial charge in [0.05, 0.1) is 7.11 Å². The van der Waals surface area contributed by atoms with Crippen LogP contribution in [0.4, 0.5) is 5.69 Å². The molecule has 0 fully saturated rings. The Bertz CT molecular complexity index is 349. The Kier molecular flexibility index (Phi) is 8.11. The van der Waals surface area contributed by atoms with Crippen LogP contribution in [0.5, 0.6) is 5.75 Å². The van der Waals surface area contributed by atoms with Gasteiger partial charge in [0, 0.05) is 12.2 Å². The molecule has 1 N–H and O–H groups in total. The summed E-state index contributed by atoms with van der Waals surface area (Å²) < 4.78 is 5.26. The highest BCUT2D eigenvalue weighted by molar-refractivity contribution is 5.50. The summed E-state index contributed by atoms with van der Waals surface area (Å²) >= 11 is 0. The number of unbranched alkanes of at least 4 members (excludes halogenated alkanes) is 6. The van der Waals surface area contributed by atoms with E-state index in [4.69, 9.17) is 4.74 Å². The number of anilines is 1. The van der Waals surface area contributed by atoms with Crippen LogP contribution in [0.1, 0.15) is 57.4 Å². The molecule has 0 aliphatic rings. The molecule has 0 saturated heterocycles. The number of methoxy groups -OCH3 is 1. The molecule has 0 atom stereocenters. The smallest absolute Gasteiger partial charge is 0.121 e. The Morgan fingerprint density at radius 3 is 2.32 bits per heavy atom. The van der Waals surface area contributed by atoms with Gasteiger partial charge in [-0.2, -0.15) is 0 Å². The second kappa shape index (κ2) is 9.71. The second-order valence-corrected chi connectivity index (χ2v) is 5.23. The highest BCUT2D eigenvalue weighted by atomic mass is 16.5. The zero-order valence-corrected chi connectivity index (χ0v) is 12.8. The Morgan fingerprint density at radius 2 is 1.68 bits per heavy atom. The number of benzene rings is 1. The first-order chi connectivity index (χ1) is 9.27. The normalized spacial score (nSPS) is 10.5. The van der Waals surface area contributed by atoms with Crippen LogP contribution in [0.25, 0.3) is 0 Å². The number of aryl methyl sites for hydroxylation is 1. The molecule has 0 heterocycles. The van der Waals surface area contributed by atoms with Crippen molar-refractivity contribution in [3.05, 3.63) is 23.8 Å². The quantitative estimate of drug-likeness (QED) is 0.588. The maximum Gasteiger partial charge on any atom is 0.121 e. The molecule has 1 aromatic rings. The molecule has 2 nitrogen and oxygen atoms in total. The summed E-state index contributed by atoms with van der Waals surface area (Å²) in [5, 5.41) is 3.48. The van der Waals surface area contributed by atoms with Crippen LogP contribution in [-0.2, 0) is 0 Å². The molecule has 0 aliphatic heterocycles. The maximum absolute atomic E-state index is 5.26. The van der Waals surface area contributed by atoms with Gasteiger partial charge in [0.15, 0.2) is 0 Å². The average Bonchev–Trinajstić information content (AvgIpc) is 2.42. The van der Waals surface area contributed by atoms with E-state index in [9.17, 15) is 0 Å². The van der Waals surface area contributed by atoms with E-state index in [1.54, 1.807) is 7.11 Å². The highest BCUT2D eigenvalue weighted by Crippen LogP contribution is 2.21. The summed E-state index contributed by atoms with van der Waals surface area (Å²) in [6, 6.07) is 6.27. The lowest BCUT2D eigenvalue weighted by molar-refractivity contribution is 0.412. The zero-order valence-electron chi connectivity index (χ0n) is 12.8. The van der Waals surface area contributed by atoms with E-state index in [0.717, 1.165) is 12.3 Å². The van der Waals surface area contributed by atoms with Crippen molar-refractivity contribution >= 4 is 5.69 Å². The van der Waals surface area contributed by atoms with E-state index < -0.39 is 0 Å². The molecule has 0 saturated carbocycles. The number of hydrogen-bond donors (Lipinski definition) is 1. The topological polar surface area (TPSA) is 21.3 Å². The Labute approximate surface area is 118 Å². The minimum absolute atomic E-state index is 0.960. The molecule has 0 spiro atoms. The summed E-state index contributed by atoms with van der Waals surface area (Å²) in [6.45, 7) is 5.41. The monoisotopic (exact) mass is 263 g/mol. The molecule has 0 radical (unpaired) electrons. The molecule has 0 unspecified atom stereocenters. The Morgan fingerprint density at radius 1 is 1.00 bits per heavy atom. The van der Waals surface area contributed by atoms with E-state index in [2.05, 4.69) is 31.3 Å². The average molecular weight is 263 g/mol. The summed E-state index contributed by atoms with van der Waals surface area (Å²) in [5.74, 6) is 0.960. The van der Waals surface area contributed by atoms with Crippen LogP contribution >= 0.6 is 0 Å². The molecule has 1 aromatic carbocycles. The lowest BCUT2D eigenvalue weighted by Crippen LogP contribution is -2.01. The first-order valence-electron chi connectivity index (χ1n) is 7.66. The summed E-state index contributed by atoms with van der Waals surface area (Å²) in [6.07, 6.45) is 9.51. The molecular formula is C17H29NO. The fourth-order valence-electron chi connectivity index (χ4n) is 2.30. The Hall–Kier alpha value is -1.18. The third-order valence-corrected chi connectivity index (χ3v) is 3.50. The van der Waals surface area contributed by atoms with E-state index >= 15 is 0 Å². The van der Waals surface area contributed by atoms with Crippen LogP contribution in [0, 0.1) is 6.92 Å². The van der Waals surface area contributed by atoms with E-state index in [0.29, 0.717) is 0 Å². The van der Waals surface area contributed by atoms with Gasteiger partial charge in [0.25, 0.3) is 0 Å². The second-order valence-electron chi connectivity index (χ2n) is 5.23. The molecule has 19 heavy (non-hydrogen) atoms. The van der Waals surface area contributed by atoms with Gasteiger partial charge in [-0.15, -0.1) is 0 Å². The van der Waals surface area contributed by atoms with Gasteiger partial charge in [-0.05, 0) is 37.1 Å².